The minimum absolute atomic E-state index is 0.0962. The summed E-state index contributed by atoms with van der Waals surface area (Å²) in [6.07, 6.45) is 7.24. The Kier molecular flexibility index (Phi) is 6.29. The Hall–Kier alpha value is -3.66. The highest BCUT2D eigenvalue weighted by molar-refractivity contribution is 6.30. The summed E-state index contributed by atoms with van der Waals surface area (Å²) in [7, 11) is 0. The van der Waals surface area contributed by atoms with Crippen molar-refractivity contribution in [3.63, 3.8) is 0 Å². The van der Waals surface area contributed by atoms with Crippen LogP contribution in [0.2, 0.25) is 5.02 Å². The molecule has 1 saturated carbocycles. The number of amides is 3. The summed E-state index contributed by atoms with van der Waals surface area (Å²) in [4.78, 5) is 48.5. The normalized spacial score (nSPS) is 20.3. The van der Waals surface area contributed by atoms with E-state index >= 15 is 0 Å². The van der Waals surface area contributed by atoms with Gasteiger partial charge in [-0.3, -0.25) is 14.4 Å². The lowest BCUT2D eigenvalue weighted by Gasteiger charge is -2.34. The molecule has 2 aliphatic rings. The third-order valence-corrected chi connectivity index (χ3v) is 6.90. The number of aromatic nitrogens is 2. The van der Waals surface area contributed by atoms with Crippen LogP contribution >= 0.6 is 11.6 Å². The van der Waals surface area contributed by atoms with Gasteiger partial charge >= 0.3 is 0 Å². The summed E-state index contributed by atoms with van der Waals surface area (Å²) >= 11 is 5.86. The number of furan rings is 1. The average Bonchev–Trinajstić information content (AvgIpc) is 3.45. The number of fused-ring (bicyclic) bond motifs is 1. The highest BCUT2D eigenvalue weighted by Crippen LogP contribution is 2.36. The van der Waals surface area contributed by atoms with Crippen molar-refractivity contribution in [2.45, 2.75) is 44.6 Å². The molecule has 2 fully saturated rings. The molecule has 0 radical (unpaired) electrons. The van der Waals surface area contributed by atoms with Gasteiger partial charge in [0.05, 0.1) is 10.4 Å². The van der Waals surface area contributed by atoms with Gasteiger partial charge in [0.25, 0.3) is 5.91 Å². The number of rotatable bonds is 5. The molecule has 0 aromatic carbocycles. The van der Waals surface area contributed by atoms with Crippen LogP contribution in [0.25, 0.3) is 11.0 Å². The van der Waals surface area contributed by atoms with E-state index in [1.807, 2.05) is 4.90 Å². The number of nitrogens with one attached hydrogen (secondary N) is 2. The van der Waals surface area contributed by atoms with Crippen LogP contribution in [0.5, 0.6) is 0 Å². The van der Waals surface area contributed by atoms with E-state index in [1.54, 1.807) is 18.2 Å². The minimum atomic E-state index is -0.595. The quantitative estimate of drug-likeness (QED) is 0.487. The van der Waals surface area contributed by atoms with Crippen LogP contribution in [-0.4, -0.2) is 45.2 Å². The number of nitrogen functional groups attached to an aromatic ring is 1. The standard InChI is InChI=1S/C24H25ClN6O4/c25-14-5-8-17(28-12-14)29-24(34)21-20(19-16(35-21)9-10-27-22(19)26)30-23(33)13-3-6-15(7-4-13)31-11-1-2-18(31)32/h5,8-10,12-13,15H,1-4,6-7,11H2,(H2,26,27)(H,30,33)(H,28,29,34). The summed E-state index contributed by atoms with van der Waals surface area (Å²) < 4.78 is 5.78. The zero-order valence-electron chi connectivity index (χ0n) is 18.9. The van der Waals surface area contributed by atoms with Crippen LogP contribution in [0.1, 0.15) is 49.1 Å². The fourth-order valence-electron chi connectivity index (χ4n) is 4.90. The molecule has 1 saturated heterocycles. The van der Waals surface area contributed by atoms with Gasteiger partial charge in [0.15, 0.2) is 0 Å². The molecule has 1 aliphatic heterocycles. The second-order valence-corrected chi connectivity index (χ2v) is 9.31. The van der Waals surface area contributed by atoms with Gasteiger partial charge in [-0.1, -0.05) is 11.6 Å². The predicted molar refractivity (Wildman–Crippen MR) is 131 cm³/mol. The van der Waals surface area contributed by atoms with Crippen molar-refractivity contribution in [3.05, 3.63) is 41.4 Å². The summed E-state index contributed by atoms with van der Waals surface area (Å²) in [5.74, 6) is -0.541. The Bertz CT molecular complexity index is 1280. The molecule has 0 unspecified atom stereocenters. The third-order valence-electron chi connectivity index (χ3n) is 6.67. The van der Waals surface area contributed by atoms with Crippen molar-refractivity contribution in [1.29, 1.82) is 0 Å². The van der Waals surface area contributed by atoms with Gasteiger partial charge in [-0.15, -0.1) is 0 Å². The third kappa shape index (κ3) is 4.66. The second-order valence-electron chi connectivity index (χ2n) is 8.88. The minimum Gasteiger partial charge on any atom is -0.448 e. The van der Waals surface area contributed by atoms with Gasteiger partial charge in [0, 0.05) is 37.3 Å². The summed E-state index contributed by atoms with van der Waals surface area (Å²) in [6.45, 7) is 0.800. The van der Waals surface area contributed by atoms with Crippen molar-refractivity contribution < 1.29 is 18.8 Å². The lowest BCUT2D eigenvalue weighted by atomic mass is 9.84. The number of halogens is 1. The molecule has 4 N–H and O–H groups in total. The molecule has 3 amide bonds. The number of hydrogen-bond donors (Lipinski definition) is 3. The Balaban J connectivity index is 1.35. The van der Waals surface area contributed by atoms with Gasteiger partial charge < -0.3 is 25.7 Å². The first-order valence-electron chi connectivity index (χ1n) is 11.6. The molecular weight excluding hydrogens is 472 g/mol. The SMILES string of the molecule is Nc1nccc2oc(C(=O)Nc3ccc(Cl)cn3)c(NC(=O)C3CCC(N4CCCC4=O)CC3)c12. The van der Waals surface area contributed by atoms with E-state index < -0.39 is 5.91 Å². The van der Waals surface area contributed by atoms with E-state index in [2.05, 4.69) is 20.6 Å². The maximum absolute atomic E-state index is 13.2. The van der Waals surface area contributed by atoms with Crippen LogP contribution in [0, 0.1) is 5.92 Å². The van der Waals surface area contributed by atoms with Crippen molar-refractivity contribution >= 4 is 57.6 Å². The van der Waals surface area contributed by atoms with Gasteiger partial charge in [-0.05, 0) is 50.3 Å². The van der Waals surface area contributed by atoms with E-state index in [4.69, 9.17) is 21.8 Å². The number of anilines is 3. The molecule has 1 aliphatic carbocycles. The molecule has 0 spiro atoms. The Labute approximate surface area is 206 Å². The van der Waals surface area contributed by atoms with Crippen LogP contribution in [0.15, 0.2) is 35.0 Å². The Morgan fingerprint density at radius 3 is 2.60 bits per heavy atom. The molecule has 3 aromatic rings. The molecule has 0 bridgehead atoms. The molecule has 3 aromatic heterocycles. The molecule has 35 heavy (non-hydrogen) atoms. The van der Waals surface area contributed by atoms with E-state index in [0.717, 1.165) is 25.8 Å². The van der Waals surface area contributed by atoms with E-state index in [-0.39, 0.29) is 46.9 Å². The number of hydrogen-bond acceptors (Lipinski definition) is 7. The highest BCUT2D eigenvalue weighted by Gasteiger charge is 2.34. The van der Waals surface area contributed by atoms with Crippen LogP contribution in [-0.2, 0) is 9.59 Å². The molecule has 11 heteroatoms. The maximum Gasteiger partial charge on any atom is 0.294 e. The first-order valence-corrected chi connectivity index (χ1v) is 12.0. The van der Waals surface area contributed by atoms with Gasteiger partial charge in [-0.25, -0.2) is 9.97 Å². The number of carbonyl (C=O) groups excluding carboxylic acids is 3. The van der Waals surface area contributed by atoms with Crippen molar-refractivity contribution in [3.8, 4) is 0 Å². The highest BCUT2D eigenvalue weighted by atomic mass is 35.5. The fourth-order valence-corrected chi connectivity index (χ4v) is 5.01. The zero-order chi connectivity index (χ0) is 24.5. The summed E-state index contributed by atoms with van der Waals surface area (Å²) in [6, 6.07) is 4.92. The van der Waals surface area contributed by atoms with E-state index in [1.165, 1.54) is 12.4 Å². The average molecular weight is 497 g/mol. The van der Waals surface area contributed by atoms with Crippen LogP contribution in [0.4, 0.5) is 17.3 Å². The Morgan fingerprint density at radius 1 is 1.11 bits per heavy atom. The fraction of sp³-hybridized carbons (Fsp3) is 0.375. The summed E-state index contributed by atoms with van der Waals surface area (Å²) in [5, 5.41) is 6.33. The topological polar surface area (TPSA) is 143 Å². The summed E-state index contributed by atoms with van der Waals surface area (Å²) in [5.41, 5.74) is 6.59. The molecule has 4 heterocycles. The number of carbonyl (C=O) groups is 3. The molecule has 182 valence electrons. The van der Waals surface area contributed by atoms with Crippen molar-refractivity contribution in [2.24, 2.45) is 5.92 Å². The Morgan fingerprint density at radius 2 is 1.91 bits per heavy atom. The molecule has 10 nitrogen and oxygen atoms in total. The van der Waals surface area contributed by atoms with Crippen LogP contribution in [0.3, 0.4) is 0 Å². The monoisotopic (exact) mass is 496 g/mol. The van der Waals surface area contributed by atoms with E-state index in [9.17, 15) is 14.4 Å². The molecule has 5 rings (SSSR count). The first-order chi connectivity index (χ1) is 16.9. The number of nitrogens with two attached hydrogens (primary N) is 1. The molecular formula is C24H25ClN6O4. The lowest BCUT2D eigenvalue weighted by molar-refractivity contribution is -0.130. The smallest absolute Gasteiger partial charge is 0.294 e. The predicted octanol–water partition coefficient (Wildman–Crippen LogP) is 3.83. The van der Waals surface area contributed by atoms with Crippen LogP contribution < -0.4 is 16.4 Å². The maximum atomic E-state index is 13.2. The van der Waals surface area contributed by atoms with Crippen molar-refractivity contribution in [2.75, 3.05) is 22.9 Å². The molecule has 0 atom stereocenters. The van der Waals surface area contributed by atoms with Crippen molar-refractivity contribution in [1.82, 2.24) is 14.9 Å². The number of nitrogens with zero attached hydrogens (tertiary/aromatic N) is 3. The van der Waals surface area contributed by atoms with E-state index in [0.29, 0.717) is 35.3 Å². The zero-order valence-corrected chi connectivity index (χ0v) is 19.7. The largest absolute Gasteiger partial charge is 0.448 e. The van der Waals surface area contributed by atoms with Gasteiger partial charge in [-0.2, -0.15) is 0 Å². The van der Waals surface area contributed by atoms with Gasteiger partial charge in [0.1, 0.15) is 22.9 Å². The van der Waals surface area contributed by atoms with Gasteiger partial charge in [0.2, 0.25) is 17.6 Å². The number of likely N-dealkylation sites (tertiary alicyclic amines) is 1. The second kappa shape index (κ2) is 9.53. The number of pyridine rings is 2. The lowest BCUT2D eigenvalue weighted by Crippen LogP contribution is -2.40. The first kappa shape index (κ1) is 23.1.